The van der Waals surface area contributed by atoms with Crippen LogP contribution >= 0.6 is 0 Å². The lowest BCUT2D eigenvalue weighted by Crippen LogP contribution is -2.39. The van der Waals surface area contributed by atoms with E-state index in [1.165, 1.54) is 45.1 Å². The van der Waals surface area contributed by atoms with E-state index < -0.39 is 0 Å². The third kappa shape index (κ3) is 5.25. The second kappa shape index (κ2) is 7.20. The van der Waals surface area contributed by atoms with Gasteiger partial charge in [-0.1, -0.05) is 26.8 Å². The minimum atomic E-state index is 0.588. The van der Waals surface area contributed by atoms with Gasteiger partial charge in [0.15, 0.2) is 0 Å². The third-order valence-electron chi connectivity index (χ3n) is 4.29. The van der Waals surface area contributed by atoms with Gasteiger partial charge in [0, 0.05) is 6.04 Å². The van der Waals surface area contributed by atoms with E-state index in [2.05, 4.69) is 38.7 Å². The Morgan fingerprint density at radius 3 is 2.53 bits per heavy atom. The number of hydrogen-bond acceptors (Lipinski definition) is 1. The zero-order valence-electron chi connectivity index (χ0n) is 12.1. The van der Waals surface area contributed by atoms with E-state index in [0.717, 1.165) is 18.4 Å². The van der Waals surface area contributed by atoms with Crippen molar-refractivity contribution in [1.29, 1.82) is 0 Å². The molecule has 0 aromatic rings. The standard InChI is InChI=1S/C16H31N/c1-5-7-8-15(17-13-6-2)14-9-11-16(3,4)12-10-14/h5,14-15,17H,1,6-13H2,2-4H3. The predicted octanol–water partition coefficient (Wildman–Crippen LogP) is 4.54. The third-order valence-corrected chi connectivity index (χ3v) is 4.29. The van der Waals surface area contributed by atoms with Crippen molar-refractivity contribution in [1.82, 2.24) is 5.32 Å². The van der Waals surface area contributed by atoms with Crippen LogP contribution in [0.5, 0.6) is 0 Å². The first-order chi connectivity index (χ1) is 8.09. The zero-order chi connectivity index (χ0) is 12.7. The second-order valence-electron chi connectivity index (χ2n) is 6.43. The highest BCUT2D eigenvalue weighted by molar-refractivity contribution is 4.86. The molecule has 0 heterocycles. The first kappa shape index (κ1) is 14.8. The molecule has 17 heavy (non-hydrogen) atoms. The van der Waals surface area contributed by atoms with Crippen LogP contribution < -0.4 is 5.32 Å². The number of allylic oxidation sites excluding steroid dienone is 1. The van der Waals surface area contributed by atoms with Crippen LogP contribution in [0, 0.1) is 11.3 Å². The van der Waals surface area contributed by atoms with Crippen LogP contribution in [0.25, 0.3) is 0 Å². The van der Waals surface area contributed by atoms with Crippen LogP contribution in [0.1, 0.15) is 65.7 Å². The van der Waals surface area contributed by atoms with E-state index in [-0.39, 0.29) is 0 Å². The van der Waals surface area contributed by atoms with Crippen LogP contribution in [0.3, 0.4) is 0 Å². The molecule has 0 spiro atoms. The van der Waals surface area contributed by atoms with Gasteiger partial charge in [0.2, 0.25) is 0 Å². The lowest BCUT2D eigenvalue weighted by molar-refractivity contribution is 0.158. The summed E-state index contributed by atoms with van der Waals surface area (Å²) in [5, 5.41) is 3.75. The molecular formula is C16H31N. The minimum absolute atomic E-state index is 0.588. The molecule has 1 heteroatoms. The fourth-order valence-corrected chi connectivity index (χ4v) is 2.96. The first-order valence-corrected chi connectivity index (χ1v) is 7.43. The van der Waals surface area contributed by atoms with Crippen LogP contribution in [0.2, 0.25) is 0 Å². The molecule has 0 radical (unpaired) electrons. The Morgan fingerprint density at radius 1 is 1.35 bits per heavy atom. The summed E-state index contributed by atoms with van der Waals surface area (Å²) >= 11 is 0. The van der Waals surface area contributed by atoms with Gasteiger partial charge in [0.25, 0.3) is 0 Å². The SMILES string of the molecule is C=CCCC(NCCC)C1CCC(C)(C)CC1. The van der Waals surface area contributed by atoms with Gasteiger partial charge in [-0.3, -0.25) is 0 Å². The predicted molar refractivity (Wildman–Crippen MR) is 77.3 cm³/mol. The quantitative estimate of drug-likeness (QED) is 0.641. The Balaban J connectivity index is 2.43. The monoisotopic (exact) mass is 237 g/mol. The highest BCUT2D eigenvalue weighted by Crippen LogP contribution is 2.39. The van der Waals surface area contributed by atoms with E-state index in [1.807, 2.05) is 0 Å². The average molecular weight is 237 g/mol. The zero-order valence-corrected chi connectivity index (χ0v) is 12.1. The van der Waals surface area contributed by atoms with Gasteiger partial charge in [-0.15, -0.1) is 6.58 Å². The van der Waals surface area contributed by atoms with E-state index in [4.69, 9.17) is 0 Å². The van der Waals surface area contributed by atoms with Crippen molar-refractivity contribution in [3.05, 3.63) is 12.7 Å². The van der Waals surface area contributed by atoms with Crippen molar-refractivity contribution >= 4 is 0 Å². The Morgan fingerprint density at radius 2 is 2.00 bits per heavy atom. The summed E-state index contributed by atoms with van der Waals surface area (Å²) in [5.74, 6) is 0.898. The highest BCUT2D eigenvalue weighted by atomic mass is 14.9. The average Bonchev–Trinajstić information content (AvgIpc) is 2.30. The minimum Gasteiger partial charge on any atom is -0.314 e. The fraction of sp³-hybridized carbons (Fsp3) is 0.875. The van der Waals surface area contributed by atoms with E-state index in [0.29, 0.717) is 5.41 Å². The molecule has 1 N–H and O–H groups in total. The van der Waals surface area contributed by atoms with Gasteiger partial charge in [0.1, 0.15) is 0 Å². The molecule has 1 aliphatic carbocycles. The summed E-state index contributed by atoms with van der Waals surface area (Å²) in [7, 11) is 0. The Hall–Kier alpha value is -0.300. The van der Waals surface area contributed by atoms with Crippen LogP contribution in [-0.4, -0.2) is 12.6 Å². The highest BCUT2D eigenvalue weighted by Gasteiger charge is 2.30. The van der Waals surface area contributed by atoms with Crippen LogP contribution in [-0.2, 0) is 0 Å². The van der Waals surface area contributed by atoms with Gasteiger partial charge >= 0.3 is 0 Å². The summed E-state index contributed by atoms with van der Waals surface area (Å²) in [6.07, 6.45) is 11.3. The van der Waals surface area contributed by atoms with Crippen molar-refractivity contribution < 1.29 is 0 Å². The normalized spacial score (nSPS) is 22.3. The molecule has 1 saturated carbocycles. The smallest absolute Gasteiger partial charge is 0.00982 e. The van der Waals surface area contributed by atoms with Crippen molar-refractivity contribution in [2.24, 2.45) is 11.3 Å². The van der Waals surface area contributed by atoms with E-state index >= 15 is 0 Å². The Kier molecular flexibility index (Phi) is 6.26. The maximum atomic E-state index is 3.85. The topological polar surface area (TPSA) is 12.0 Å². The van der Waals surface area contributed by atoms with Gasteiger partial charge in [-0.2, -0.15) is 0 Å². The van der Waals surface area contributed by atoms with Crippen molar-refractivity contribution in [2.75, 3.05) is 6.54 Å². The van der Waals surface area contributed by atoms with Gasteiger partial charge < -0.3 is 5.32 Å². The lowest BCUT2D eigenvalue weighted by Gasteiger charge is -2.38. The molecule has 0 aromatic heterocycles. The number of rotatable bonds is 7. The van der Waals surface area contributed by atoms with Gasteiger partial charge in [-0.05, 0) is 62.8 Å². The van der Waals surface area contributed by atoms with Gasteiger partial charge in [0.05, 0.1) is 0 Å². The summed E-state index contributed by atoms with van der Waals surface area (Å²) in [6, 6.07) is 0.726. The first-order valence-electron chi connectivity index (χ1n) is 7.43. The van der Waals surface area contributed by atoms with E-state index in [9.17, 15) is 0 Å². The number of hydrogen-bond donors (Lipinski definition) is 1. The summed E-state index contributed by atoms with van der Waals surface area (Å²) in [4.78, 5) is 0. The molecule has 1 nitrogen and oxygen atoms in total. The van der Waals surface area contributed by atoms with Crippen molar-refractivity contribution in [2.45, 2.75) is 71.8 Å². The lowest BCUT2D eigenvalue weighted by atomic mass is 9.70. The molecule has 1 unspecified atom stereocenters. The molecule has 1 rings (SSSR count). The van der Waals surface area contributed by atoms with Crippen molar-refractivity contribution in [3.63, 3.8) is 0 Å². The Bertz CT molecular complexity index is 210. The second-order valence-corrected chi connectivity index (χ2v) is 6.43. The summed E-state index contributed by atoms with van der Waals surface area (Å²) in [5.41, 5.74) is 0.588. The molecule has 0 saturated heterocycles. The van der Waals surface area contributed by atoms with E-state index in [1.54, 1.807) is 0 Å². The molecule has 0 aliphatic heterocycles. The Labute approximate surface area is 108 Å². The maximum absolute atomic E-state index is 3.85. The maximum Gasteiger partial charge on any atom is 0.00982 e. The molecular weight excluding hydrogens is 206 g/mol. The molecule has 1 atom stereocenters. The summed E-state index contributed by atoms with van der Waals surface area (Å²) in [6.45, 7) is 12.1. The molecule has 0 aromatic carbocycles. The largest absolute Gasteiger partial charge is 0.314 e. The van der Waals surface area contributed by atoms with Gasteiger partial charge in [-0.25, -0.2) is 0 Å². The molecule has 1 fully saturated rings. The van der Waals surface area contributed by atoms with Crippen LogP contribution in [0.4, 0.5) is 0 Å². The molecule has 100 valence electrons. The number of nitrogens with one attached hydrogen (secondary N) is 1. The summed E-state index contributed by atoms with van der Waals surface area (Å²) < 4.78 is 0. The molecule has 0 bridgehead atoms. The molecule has 0 amide bonds. The molecule has 1 aliphatic rings. The van der Waals surface area contributed by atoms with Crippen LogP contribution in [0.15, 0.2) is 12.7 Å². The fourth-order valence-electron chi connectivity index (χ4n) is 2.96. The van der Waals surface area contributed by atoms with Crippen molar-refractivity contribution in [3.8, 4) is 0 Å².